The van der Waals surface area contributed by atoms with Gasteiger partial charge in [0.1, 0.15) is 5.82 Å². The fraction of sp³-hybridized carbons (Fsp3) is 0.318. The minimum atomic E-state index is -0.389. The Morgan fingerprint density at radius 1 is 1.07 bits per heavy atom. The van der Waals surface area contributed by atoms with Crippen LogP contribution in [0.25, 0.3) is 0 Å². The van der Waals surface area contributed by atoms with E-state index in [9.17, 15) is 18.8 Å². The Kier molecular flexibility index (Phi) is 6.72. The molecule has 158 valence electrons. The average Bonchev–Trinajstić information content (AvgIpc) is 2.74. The molecule has 3 amide bonds. The maximum Gasteiger partial charge on any atom is 0.254 e. The highest BCUT2D eigenvalue weighted by Crippen LogP contribution is 2.24. The first-order chi connectivity index (χ1) is 14.3. The lowest BCUT2D eigenvalue weighted by Gasteiger charge is -2.31. The number of benzene rings is 2. The lowest BCUT2D eigenvalue weighted by molar-refractivity contribution is -0.121. The molecule has 1 aliphatic rings. The molecule has 0 aromatic heterocycles. The van der Waals surface area contributed by atoms with Gasteiger partial charge in [0, 0.05) is 44.4 Å². The van der Waals surface area contributed by atoms with Crippen molar-refractivity contribution in [2.75, 3.05) is 32.5 Å². The number of carbonyl (C=O) groups excluding carboxylic acids is 3. The second-order valence-electron chi connectivity index (χ2n) is 7.46. The highest BCUT2D eigenvalue weighted by molar-refractivity contribution is 6.34. The van der Waals surface area contributed by atoms with Crippen LogP contribution in [0.15, 0.2) is 42.5 Å². The van der Waals surface area contributed by atoms with E-state index in [2.05, 4.69) is 5.32 Å². The van der Waals surface area contributed by atoms with Crippen molar-refractivity contribution in [3.8, 4) is 0 Å². The third kappa shape index (κ3) is 4.97. The molecule has 1 heterocycles. The summed E-state index contributed by atoms with van der Waals surface area (Å²) >= 11 is 6.11. The van der Waals surface area contributed by atoms with Crippen molar-refractivity contribution >= 4 is 35.0 Å². The Labute approximate surface area is 179 Å². The number of amides is 3. The molecule has 8 heteroatoms. The first kappa shape index (κ1) is 21.8. The second kappa shape index (κ2) is 9.26. The van der Waals surface area contributed by atoms with Gasteiger partial charge in [-0.05, 0) is 55.3 Å². The zero-order valence-corrected chi connectivity index (χ0v) is 17.6. The summed E-state index contributed by atoms with van der Waals surface area (Å²) in [5.41, 5.74) is 1.25. The molecule has 0 saturated carbocycles. The third-order valence-electron chi connectivity index (χ3n) is 5.11. The van der Waals surface area contributed by atoms with Crippen LogP contribution in [0.2, 0.25) is 5.02 Å². The van der Waals surface area contributed by atoms with Gasteiger partial charge in [0.25, 0.3) is 11.8 Å². The fourth-order valence-corrected chi connectivity index (χ4v) is 3.57. The van der Waals surface area contributed by atoms with Gasteiger partial charge in [-0.15, -0.1) is 0 Å². The van der Waals surface area contributed by atoms with Gasteiger partial charge in [-0.3, -0.25) is 14.4 Å². The Balaban J connectivity index is 1.59. The largest absolute Gasteiger partial charge is 0.345 e. The first-order valence-corrected chi connectivity index (χ1v) is 10.0. The molecular weight excluding hydrogens is 409 g/mol. The molecule has 6 nitrogen and oxygen atoms in total. The highest BCUT2D eigenvalue weighted by atomic mass is 35.5. The summed E-state index contributed by atoms with van der Waals surface area (Å²) in [4.78, 5) is 40.5. The number of piperidine rings is 1. The van der Waals surface area contributed by atoms with Gasteiger partial charge in [0.05, 0.1) is 10.6 Å². The van der Waals surface area contributed by atoms with Crippen LogP contribution in [0.3, 0.4) is 0 Å². The molecule has 0 spiro atoms. The predicted molar refractivity (Wildman–Crippen MR) is 113 cm³/mol. The summed E-state index contributed by atoms with van der Waals surface area (Å²) in [5.74, 6) is -1.21. The smallest absolute Gasteiger partial charge is 0.254 e. The summed E-state index contributed by atoms with van der Waals surface area (Å²) in [6.45, 7) is 0.887. The normalized spacial score (nSPS) is 14.3. The number of nitrogens with zero attached hydrogens (tertiary/aromatic N) is 2. The summed E-state index contributed by atoms with van der Waals surface area (Å²) in [6.07, 6.45) is 1.05. The van der Waals surface area contributed by atoms with E-state index in [1.807, 2.05) is 0 Å². The topological polar surface area (TPSA) is 69.7 Å². The number of halogens is 2. The van der Waals surface area contributed by atoms with Crippen LogP contribution in [0.5, 0.6) is 0 Å². The standard InChI is InChI=1S/C22H23ClFN3O3/c1-26(2)22(30)18-13-17(7-8-19(18)23)25-20(28)14-9-11-27(12-10-14)21(29)15-3-5-16(24)6-4-15/h3-8,13-14H,9-12H2,1-2H3,(H,25,28). The van der Waals surface area contributed by atoms with E-state index < -0.39 is 0 Å². The van der Waals surface area contributed by atoms with Gasteiger partial charge in [0.2, 0.25) is 5.91 Å². The fourth-order valence-electron chi connectivity index (χ4n) is 3.37. The van der Waals surface area contributed by atoms with Crippen molar-refractivity contribution in [1.29, 1.82) is 0 Å². The van der Waals surface area contributed by atoms with Gasteiger partial charge in [0.15, 0.2) is 0 Å². The SMILES string of the molecule is CN(C)C(=O)c1cc(NC(=O)C2CCN(C(=O)c3ccc(F)cc3)CC2)ccc1Cl. The maximum absolute atomic E-state index is 13.0. The van der Waals surface area contributed by atoms with Crippen molar-refractivity contribution in [3.05, 3.63) is 64.4 Å². The average molecular weight is 432 g/mol. The Bertz CT molecular complexity index is 955. The van der Waals surface area contributed by atoms with Crippen LogP contribution in [0.1, 0.15) is 33.6 Å². The number of nitrogens with one attached hydrogen (secondary N) is 1. The monoisotopic (exact) mass is 431 g/mol. The van der Waals surface area contributed by atoms with Crippen molar-refractivity contribution < 1.29 is 18.8 Å². The van der Waals surface area contributed by atoms with E-state index in [1.54, 1.807) is 37.2 Å². The third-order valence-corrected chi connectivity index (χ3v) is 5.44. The van der Waals surface area contributed by atoms with Crippen LogP contribution in [0.4, 0.5) is 10.1 Å². The van der Waals surface area contributed by atoms with Crippen LogP contribution in [0, 0.1) is 11.7 Å². The molecule has 0 bridgehead atoms. The molecule has 0 atom stereocenters. The molecule has 0 radical (unpaired) electrons. The number of carbonyl (C=O) groups is 3. The van der Waals surface area contributed by atoms with E-state index in [1.165, 1.54) is 29.2 Å². The molecule has 2 aromatic rings. The van der Waals surface area contributed by atoms with Gasteiger partial charge < -0.3 is 15.1 Å². The van der Waals surface area contributed by atoms with Gasteiger partial charge in [-0.2, -0.15) is 0 Å². The Morgan fingerprint density at radius 2 is 1.70 bits per heavy atom. The quantitative estimate of drug-likeness (QED) is 0.803. The Morgan fingerprint density at radius 3 is 2.30 bits per heavy atom. The summed E-state index contributed by atoms with van der Waals surface area (Å²) in [7, 11) is 3.26. The van der Waals surface area contributed by atoms with Crippen LogP contribution in [-0.2, 0) is 4.79 Å². The number of anilines is 1. The van der Waals surface area contributed by atoms with Crippen LogP contribution < -0.4 is 5.32 Å². The van der Waals surface area contributed by atoms with E-state index in [-0.39, 0.29) is 29.5 Å². The van der Waals surface area contributed by atoms with E-state index in [0.717, 1.165) is 0 Å². The number of likely N-dealkylation sites (tertiary alicyclic amines) is 1. The molecule has 1 N–H and O–H groups in total. The van der Waals surface area contributed by atoms with Gasteiger partial charge in [-0.25, -0.2) is 4.39 Å². The minimum absolute atomic E-state index is 0.158. The summed E-state index contributed by atoms with van der Waals surface area (Å²) in [5, 5.41) is 3.16. The molecular formula is C22H23ClFN3O3. The van der Waals surface area contributed by atoms with E-state index in [0.29, 0.717) is 47.8 Å². The molecule has 3 rings (SSSR count). The molecule has 0 unspecified atom stereocenters. The lowest BCUT2D eigenvalue weighted by atomic mass is 9.95. The maximum atomic E-state index is 13.0. The van der Waals surface area contributed by atoms with Crippen molar-refractivity contribution in [2.45, 2.75) is 12.8 Å². The lowest BCUT2D eigenvalue weighted by Crippen LogP contribution is -2.41. The second-order valence-corrected chi connectivity index (χ2v) is 7.86. The van der Waals surface area contributed by atoms with Crippen molar-refractivity contribution in [2.24, 2.45) is 5.92 Å². The van der Waals surface area contributed by atoms with E-state index in [4.69, 9.17) is 11.6 Å². The molecule has 2 aromatic carbocycles. The van der Waals surface area contributed by atoms with Crippen LogP contribution in [-0.4, -0.2) is 54.7 Å². The first-order valence-electron chi connectivity index (χ1n) is 9.63. The molecule has 1 aliphatic heterocycles. The van der Waals surface area contributed by atoms with Gasteiger partial charge >= 0.3 is 0 Å². The number of hydrogen-bond donors (Lipinski definition) is 1. The summed E-state index contributed by atoms with van der Waals surface area (Å²) < 4.78 is 13.0. The Hall–Kier alpha value is -2.93. The molecule has 1 saturated heterocycles. The molecule has 30 heavy (non-hydrogen) atoms. The number of hydrogen-bond acceptors (Lipinski definition) is 3. The zero-order chi connectivity index (χ0) is 21.8. The van der Waals surface area contributed by atoms with Crippen molar-refractivity contribution in [3.63, 3.8) is 0 Å². The highest BCUT2D eigenvalue weighted by Gasteiger charge is 2.28. The molecule has 0 aliphatic carbocycles. The summed E-state index contributed by atoms with van der Waals surface area (Å²) in [6, 6.07) is 10.2. The van der Waals surface area contributed by atoms with Gasteiger partial charge in [-0.1, -0.05) is 11.6 Å². The van der Waals surface area contributed by atoms with Crippen molar-refractivity contribution in [1.82, 2.24) is 9.80 Å². The molecule has 1 fully saturated rings. The predicted octanol–water partition coefficient (Wildman–Crippen LogP) is 3.67. The van der Waals surface area contributed by atoms with E-state index >= 15 is 0 Å². The number of rotatable bonds is 4. The van der Waals surface area contributed by atoms with Crippen LogP contribution >= 0.6 is 11.6 Å². The minimum Gasteiger partial charge on any atom is -0.345 e. The zero-order valence-electron chi connectivity index (χ0n) is 16.8.